The number of nitrogens with one attached hydrogen (secondary N) is 2. The lowest BCUT2D eigenvalue weighted by Crippen LogP contribution is -2.22. The molecule has 2 aromatic carbocycles. The summed E-state index contributed by atoms with van der Waals surface area (Å²) in [6.07, 6.45) is 3.04. The Morgan fingerprint density at radius 3 is 2.33 bits per heavy atom. The highest BCUT2D eigenvalue weighted by Gasteiger charge is 2.19. The molecule has 33 heavy (non-hydrogen) atoms. The fraction of sp³-hybridized carbons (Fsp3) is 0.200. The van der Waals surface area contributed by atoms with E-state index in [0.717, 1.165) is 5.56 Å². The van der Waals surface area contributed by atoms with Crippen LogP contribution in [-0.2, 0) is 5.41 Å². The molecule has 0 fully saturated rings. The maximum Gasteiger partial charge on any atom is 0.273 e. The maximum absolute atomic E-state index is 12.9. The van der Waals surface area contributed by atoms with Crippen LogP contribution >= 0.6 is 23.2 Å². The number of hydrogen-bond donors (Lipinski definition) is 2. The van der Waals surface area contributed by atoms with Gasteiger partial charge in [-0.2, -0.15) is 5.10 Å². The lowest BCUT2D eigenvalue weighted by atomic mass is 9.87. The van der Waals surface area contributed by atoms with Gasteiger partial charge in [-0.3, -0.25) is 9.59 Å². The van der Waals surface area contributed by atoms with Gasteiger partial charge in [-0.25, -0.2) is 10.4 Å². The molecular weight excluding hydrogens is 459 g/mol. The number of hydrogen-bond acceptors (Lipinski definition) is 4. The number of nitrogens with zero attached hydrogens (tertiary/aromatic N) is 2. The zero-order chi connectivity index (χ0) is 24.2. The van der Waals surface area contributed by atoms with Gasteiger partial charge in [0.25, 0.3) is 11.8 Å². The van der Waals surface area contributed by atoms with Gasteiger partial charge in [0, 0.05) is 11.2 Å². The molecule has 0 radical (unpaired) electrons. The summed E-state index contributed by atoms with van der Waals surface area (Å²) in [5.74, 6) is -1.01. The summed E-state index contributed by atoms with van der Waals surface area (Å²) in [7, 11) is 0. The van der Waals surface area contributed by atoms with Crippen LogP contribution in [0.15, 0.2) is 59.8 Å². The van der Waals surface area contributed by atoms with Crippen LogP contribution in [0.25, 0.3) is 0 Å². The van der Waals surface area contributed by atoms with E-state index in [-0.39, 0.29) is 21.7 Å². The predicted octanol–water partition coefficient (Wildman–Crippen LogP) is 6.01. The molecule has 8 heteroatoms. The first kappa shape index (κ1) is 24.4. The number of hydrazone groups is 1. The number of anilines is 1. The Balaban J connectivity index is 1.79. The Hall–Kier alpha value is -3.22. The van der Waals surface area contributed by atoms with Gasteiger partial charge in [0.1, 0.15) is 5.15 Å². The average Bonchev–Trinajstić information content (AvgIpc) is 2.75. The van der Waals surface area contributed by atoms with E-state index in [4.69, 9.17) is 23.2 Å². The van der Waals surface area contributed by atoms with Crippen molar-refractivity contribution >= 4 is 46.9 Å². The molecule has 1 aromatic heterocycles. The number of halogens is 2. The molecule has 0 saturated carbocycles. The molecule has 2 amide bonds. The Morgan fingerprint density at radius 1 is 1.00 bits per heavy atom. The first-order valence-electron chi connectivity index (χ1n) is 10.2. The molecule has 0 saturated heterocycles. The topological polar surface area (TPSA) is 83.5 Å². The van der Waals surface area contributed by atoms with Gasteiger partial charge in [-0.1, -0.05) is 68.2 Å². The van der Waals surface area contributed by atoms with E-state index in [1.54, 1.807) is 31.3 Å². The Morgan fingerprint density at radius 2 is 1.70 bits per heavy atom. The van der Waals surface area contributed by atoms with Gasteiger partial charge < -0.3 is 5.32 Å². The second-order valence-electron chi connectivity index (χ2n) is 8.51. The Kier molecular flexibility index (Phi) is 7.51. The van der Waals surface area contributed by atoms with Crippen molar-refractivity contribution in [1.82, 2.24) is 10.4 Å². The number of aryl methyl sites for hydroxylation is 1. The van der Waals surface area contributed by atoms with E-state index in [9.17, 15) is 9.59 Å². The van der Waals surface area contributed by atoms with E-state index < -0.39 is 11.8 Å². The average molecular weight is 483 g/mol. The number of amides is 2. The van der Waals surface area contributed by atoms with E-state index in [0.29, 0.717) is 16.3 Å². The fourth-order valence-electron chi connectivity index (χ4n) is 3.12. The van der Waals surface area contributed by atoms with Crippen molar-refractivity contribution in [2.75, 3.05) is 5.32 Å². The quantitative estimate of drug-likeness (QED) is 0.265. The van der Waals surface area contributed by atoms with E-state index in [2.05, 4.69) is 41.6 Å². The Bertz CT molecular complexity index is 1220. The highest BCUT2D eigenvalue weighted by molar-refractivity contribution is 6.33. The van der Waals surface area contributed by atoms with Crippen LogP contribution in [-0.4, -0.2) is 23.0 Å². The second kappa shape index (κ2) is 10.1. The van der Waals surface area contributed by atoms with Crippen molar-refractivity contribution in [2.45, 2.75) is 33.1 Å². The smallest absolute Gasteiger partial charge is 0.273 e. The maximum atomic E-state index is 12.9. The summed E-state index contributed by atoms with van der Waals surface area (Å²) in [5, 5.41) is 7.21. The highest BCUT2D eigenvalue weighted by Crippen LogP contribution is 2.27. The molecule has 3 rings (SSSR count). The second-order valence-corrected chi connectivity index (χ2v) is 9.31. The Labute approximate surface area is 203 Å². The van der Waals surface area contributed by atoms with Crippen LogP contribution in [0.2, 0.25) is 10.2 Å². The summed E-state index contributed by atoms with van der Waals surface area (Å²) < 4.78 is 0. The molecule has 0 aliphatic rings. The zero-order valence-electron chi connectivity index (χ0n) is 18.7. The first-order valence-corrected chi connectivity index (χ1v) is 11.0. The third-order valence-corrected chi connectivity index (χ3v) is 5.46. The fourth-order valence-corrected chi connectivity index (χ4v) is 3.60. The molecule has 6 nitrogen and oxygen atoms in total. The predicted molar refractivity (Wildman–Crippen MR) is 134 cm³/mol. The number of pyridine rings is 1. The van der Waals surface area contributed by atoms with Gasteiger partial charge in [0.2, 0.25) is 0 Å². The summed E-state index contributed by atoms with van der Waals surface area (Å²) in [6, 6.07) is 14.2. The van der Waals surface area contributed by atoms with E-state index >= 15 is 0 Å². The lowest BCUT2D eigenvalue weighted by Gasteiger charge is -2.18. The summed E-state index contributed by atoms with van der Waals surface area (Å²) in [6.45, 7) is 8.16. The lowest BCUT2D eigenvalue weighted by molar-refractivity contribution is 0.0956. The largest absolute Gasteiger partial charge is 0.321 e. The van der Waals surface area contributed by atoms with Gasteiger partial charge in [0.05, 0.1) is 23.0 Å². The van der Waals surface area contributed by atoms with Crippen LogP contribution in [0.1, 0.15) is 58.2 Å². The van der Waals surface area contributed by atoms with Crippen molar-refractivity contribution < 1.29 is 9.59 Å². The van der Waals surface area contributed by atoms with Crippen molar-refractivity contribution in [3.63, 3.8) is 0 Å². The first-order chi connectivity index (χ1) is 15.6. The zero-order valence-corrected chi connectivity index (χ0v) is 20.3. The molecule has 1 heterocycles. The highest BCUT2D eigenvalue weighted by atomic mass is 35.5. The molecule has 170 valence electrons. The number of carbonyl (C=O) groups excluding carboxylic acids is 2. The normalized spacial score (nSPS) is 11.5. The molecule has 0 spiro atoms. The van der Waals surface area contributed by atoms with Crippen molar-refractivity contribution in [1.29, 1.82) is 0 Å². The third kappa shape index (κ3) is 6.18. The molecule has 0 atom stereocenters. The van der Waals surface area contributed by atoms with Crippen LogP contribution in [0.5, 0.6) is 0 Å². The number of benzene rings is 2. The van der Waals surface area contributed by atoms with Crippen molar-refractivity contribution in [3.8, 4) is 0 Å². The standard InChI is InChI=1S/C25H24Cl2N4O2/c1-15-12-18(26)13-20(21(15)30-23(32)19-6-5-11-28-22(19)27)24(33)31-29-14-16-7-9-17(10-8-16)25(2,3)4/h5-14H,1-4H3,(H,30,32)(H,31,33)/b29-14-. The van der Waals surface area contributed by atoms with Gasteiger partial charge >= 0.3 is 0 Å². The third-order valence-electron chi connectivity index (χ3n) is 4.94. The molecule has 0 aliphatic carbocycles. The number of aromatic nitrogens is 1. The van der Waals surface area contributed by atoms with Crippen LogP contribution in [0, 0.1) is 6.92 Å². The molecule has 0 bridgehead atoms. The SMILES string of the molecule is Cc1cc(Cl)cc(C(=O)N/N=C\c2ccc(C(C)(C)C)cc2)c1NC(=O)c1cccnc1Cl. The van der Waals surface area contributed by atoms with Crippen LogP contribution in [0.4, 0.5) is 5.69 Å². The summed E-state index contributed by atoms with van der Waals surface area (Å²) in [4.78, 5) is 29.5. The molecule has 0 aliphatic heterocycles. The number of rotatable bonds is 5. The minimum Gasteiger partial charge on any atom is -0.321 e. The van der Waals surface area contributed by atoms with Gasteiger partial charge in [0.15, 0.2) is 0 Å². The molecule has 0 unspecified atom stereocenters. The van der Waals surface area contributed by atoms with Crippen LogP contribution < -0.4 is 10.7 Å². The summed E-state index contributed by atoms with van der Waals surface area (Å²) >= 11 is 12.2. The van der Waals surface area contributed by atoms with Gasteiger partial charge in [-0.15, -0.1) is 0 Å². The molecule has 2 N–H and O–H groups in total. The minimum absolute atomic E-state index is 0.0508. The van der Waals surface area contributed by atoms with Crippen molar-refractivity contribution in [2.24, 2.45) is 5.10 Å². The van der Waals surface area contributed by atoms with Crippen molar-refractivity contribution in [3.05, 3.63) is 92.7 Å². The molecular formula is C25H24Cl2N4O2. The number of carbonyl (C=O) groups is 2. The monoisotopic (exact) mass is 482 g/mol. The summed E-state index contributed by atoms with van der Waals surface area (Å²) in [5.41, 5.74) is 5.88. The minimum atomic E-state index is -0.518. The van der Waals surface area contributed by atoms with E-state index in [1.165, 1.54) is 17.8 Å². The van der Waals surface area contributed by atoms with E-state index in [1.807, 2.05) is 24.3 Å². The van der Waals surface area contributed by atoms with Crippen LogP contribution in [0.3, 0.4) is 0 Å². The molecule has 3 aromatic rings. The van der Waals surface area contributed by atoms with Gasteiger partial charge in [-0.05, 0) is 53.3 Å².